The topological polar surface area (TPSA) is 74.2 Å². The molecule has 6 nitrogen and oxygen atoms in total. The molecule has 2 aliphatic rings. The summed E-state index contributed by atoms with van der Waals surface area (Å²) < 4.78 is 17.2. The number of carbonyl (C=O) groups excluding carboxylic acids is 2. The lowest BCUT2D eigenvalue weighted by Crippen LogP contribution is -2.42. The molecule has 1 heterocycles. The Balaban J connectivity index is 2.03. The molecule has 1 aliphatic carbocycles. The Morgan fingerprint density at radius 2 is 1.77 bits per heavy atom. The summed E-state index contributed by atoms with van der Waals surface area (Å²) in [7, 11) is 0. The van der Waals surface area contributed by atoms with Crippen molar-refractivity contribution in [2.45, 2.75) is 58.8 Å². The van der Waals surface area contributed by atoms with E-state index in [9.17, 15) is 9.59 Å². The summed E-state index contributed by atoms with van der Waals surface area (Å²) in [6, 6.07) is 9.83. The zero-order chi connectivity index (χ0) is 21.8. The molecule has 0 bridgehead atoms. The second kappa shape index (κ2) is 9.13. The Morgan fingerprint density at radius 1 is 1.13 bits per heavy atom. The lowest BCUT2D eigenvalue weighted by atomic mass is 9.83. The van der Waals surface area contributed by atoms with E-state index >= 15 is 0 Å². The van der Waals surface area contributed by atoms with Gasteiger partial charge in [0, 0.05) is 18.6 Å². The molecular weight excluding hydrogens is 382 g/mol. The number of ether oxygens (including phenoxy) is 3. The zero-order valence-electron chi connectivity index (χ0n) is 18.2. The van der Waals surface area contributed by atoms with Crippen LogP contribution in [0.25, 0.3) is 0 Å². The molecule has 6 heteroatoms. The molecule has 0 saturated heterocycles. The highest BCUT2D eigenvalue weighted by atomic mass is 16.6. The Bertz CT molecular complexity index is 813. The average molecular weight is 414 g/mol. The van der Waals surface area contributed by atoms with Gasteiger partial charge < -0.3 is 14.2 Å². The number of rotatable bonds is 7. The normalized spacial score (nSPS) is 27.4. The molecule has 3 rings (SSSR count). The Morgan fingerprint density at radius 3 is 2.30 bits per heavy atom. The molecule has 1 saturated carbocycles. The van der Waals surface area contributed by atoms with Crippen molar-refractivity contribution in [3.05, 3.63) is 47.5 Å². The van der Waals surface area contributed by atoms with Gasteiger partial charge in [0.25, 0.3) is 0 Å². The highest BCUT2D eigenvalue weighted by Crippen LogP contribution is 2.57. The molecule has 1 aromatic carbocycles. The number of aliphatic imine (C=N–C) groups is 1. The van der Waals surface area contributed by atoms with Crippen molar-refractivity contribution in [2.75, 3.05) is 13.2 Å². The Labute approximate surface area is 178 Å². The molecule has 1 fully saturated rings. The van der Waals surface area contributed by atoms with E-state index in [1.807, 2.05) is 43.3 Å². The van der Waals surface area contributed by atoms with Crippen molar-refractivity contribution in [3.8, 4) is 0 Å². The fourth-order valence-electron chi connectivity index (χ4n) is 4.67. The standard InChI is InChI=1S/C24H31NO5/c1-5-17(6-2)19-14-23(21(26)28-7-3,22(27)29-8-4)16-24(19)25-15-20(30-24)18-12-10-9-11-13-18/h5,9-13,15,19-20H,6-8,14,16H2,1-4H3/b17-5+/t19-,20+,24-/m1/s1. The number of carbonyl (C=O) groups is 2. The van der Waals surface area contributed by atoms with Crippen LogP contribution in [0.15, 0.2) is 47.0 Å². The van der Waals surface area contributed by atoms with Crippen LogP contribution < -0.4 is 0 Å². The van der Waals surface area contributed by atoms with Crippen molar-refractivity contribution in [1.29, 1.82) is 0 Å². The molecule has 0 radical (unpaired) electrons. The third-order valence-corrected chi connectivity index (χ3v) is 6.10. The van der Waals surface area contributed by atoms with Crippen molar-refractivity contribution >= 4 is 18.2 Å². The summed E-state index contributed by atoms with van der Waals surface area (Å²) in [6.45, 7) is 7.88. The predicted octanol–water partition coefficient (Wildman–Crippen LogP) is 4.40. The number of esters is 2. The van der Waals surface area contributed by atoms with Gasteiger partial charge in [0.15, 0.2) is 11.1 Å². The molecule has 1 spiro atoms. The van der Waals surface area contributed by atoms with Gasteiger partial charge in [-0.2, -0.15) is 0 Å². The van der Waals surface area contributed by atoms with Gasteiger partial charge in [-0.25, -0.2) is 0 Å². The van der Waals surface area contributed by atoms with Crippen LogP contribution in [0.1, 0.15) is 58.6 Å². The van der Waals surface area contributed by atoms with E-state index in [1.54, 1.807) is 20.1 Å². The van der Waals surface area contributed by atoms with Crippen molar-refractivity contribution in [2.24, 2.45) is 16.3 Å². The van der Waals surface area contributed by atoms with Crippen LogP contribution in [0, 0.1) is 11.3 Å². The lowest BCUT2D eigenvalue weighted by Gasteiger charge is -2.31. The van der Waals surface area contributed by atoms with Gasteiger partial charge in [-0.1, -0.05) is 48.9 Å². The molecule has 0 N–H and O–H groups in total. The summed E-state index contributed by atoms with van der Waals surface area (Å²) in [5.41, 5.74) is -0.336. The van der Waals surface area contributed by atoms with Crippen molar-refractivity contribution < 1.29 is 23.8 Å². The minimum atomic E-state index is -1.43. The summed E-state index contributed by atoms with van der Waals surface area (Å²) in [5, 5.41) is 0. The maximum atomic E-state index is 13.1. The van der Waals surface area contributed by atoms with Crippen molar-refractivity contribution in [3.63, 3.8) is 0 Å². The van der Waals surface area contributed by atoms with Gasteiger partial charge in [-0.3, -0.25) is 14.6 Å². The molecule has 0 aromatic heterocycles. The second-order valence-electron chi connectivity index (χ2n) is 7.75. The molecule has 0 unspecified atom stereocenters. The minimum Gasteiger partial charge on any atom is -0.465 e. The van der Waals surface area contributed by atoms with Gasteiger partial charge >= 0.3 is 11.9 Å². The minimum absolute atomic E-state index is 0.111. The first-order valence-corrected chi connectivity index (χ1v) is 10.7. The highest BCUT2D eigenvalue weighted by molar-refractivity contribution is 6.01. The summed E-state index contributed by atoms with van der Waals surface area (Å²) in [5.74, 6) is -1.33. The fourth-order valence-corrected chi connectivity index (χ4v) is 4.67. The number of benzene rings is 1. The van der Waals surface area contributed by atoms with Crippen LogP contribution in [0.5, 0.6) is 0 Å². The molecular formula is C24H31NO5. The first-order chi connectivity index (χ1) is 14.5. The van der Waals surface area contributed by atoms with Gasteiger partial charge in [-0.15, -0.1) is 0 Å². The molecule has 0 amide bonds. The zero-order valence-corrected chi connectivity index (χ0v) is 18.2. The third kappa shape index (κ3) is 3.81. The number of nitrogens with zero attached hydrogens (tertiary/aromatic N) is 1. The lowest BCUT2D eigenvalue weighted by molar-refractivity contribution is -0.173. The Kier molecular flexibility index (Phi) is 6.76. The van der Waals surface area contributed by atoms with E-state index in [1.165, 1.54) is 0 Å². The van der Waals surface area contributed by atoms with E-state index in [4.69, 9.17) is 19.2 Å². The summed E-state index contributed by atoms with van der Waals surface area (Å²) >= 11 is 0. The second-order valence-corrected chi connectivity index (χ2v) is 7.75. The van der Waals surface area contributed by atoms with Crippen LogP contribution in [0.2, 0.25) is 0 Å². The quantitative estimate of drug-likeness (QED) is 0.376. The first kappa shape index (κ1) is 22.2. The van der Waals surface area contributed by atoms with Crippen LogP contribution in [0.3, 0.4) is 0 Å². The van der Waals surface area contributed by atoms with Gasteiger partial charge in [0.1, 0.15) is 6.10 Å². The summed E-state index contributed by atoms with van der Waals surface area (Å²) in [6.07, 6.45) is 4.64. The van der Waals surface area contributed by atoms with Gasteiger partial charge in [0.05, 0.1) is 13.2 Å². The maximum Gasteiger partial charge on any atom is 0.323 e. The predicted molar refractivity (Wildman–Crippen MR) is 114 cm³/mol. The van der Waals surface area contributed by atoms with E-state index in [2.05, 4.69) is 6.92 Å². The van der Waals surface area contributed by atoms with Crippen LogP contribution in [-0.4, -0.2) is 37.1 Å². The summed E-state index contributed by atoms with van der Waals surface area (Å²) in [4.78, 5) is 30.9. The molecule has 162 valence electrons. The average Bonchev–Trinajstić information content (AvgIpc) is 3.33. The van der Waals surface area contributed by atoms with Gasteiger partial charge in [-0.05, 0) is 39.2 Å². The number of hydrogen-bond acceptors (Lipinski definition) is 6. The molecule has 1 aliphatic heterocycles. The fraction of sp³-hybridized carbons (Fsp3) is 0.542. The maximum absolute atomic E-state index is 13.1. The molecule has 30 heavy (non-hydrogen) atoms. The monoisotopic (exact) mass is 413 g/mol. The first-order valence-electron chi connectivity index (χ1n) is 10.7. The third-order valence-electron chi connectivity index (χ3n) is 6.10. The van der Waals surface area contributed by atoms with Gasteiger partial charge in [0.2, 0.25) is 0 Å². The van der Waals surface area contributed by atoms with Crippen LogP contribution in [-0.2, 0) is 23.8 Å². The number of hydrogen-bond donors (Lipinski definition) is 0. The Hall–Kier alpha value is -2.47. The van der Waals surface area contributed by atoms with E-state index in [-0.39, 0.29) is 38.1 Å². The van der Waals surface area contributed by atoms with E-state index in [0.717, 1.165) is 17.6 Å². The van der Waals surface area contributed by atoms with Crippen LogP contribution >= 0.6 is 0 Å². The SMILES string of the molecule is C/C=C(\CC)[C@H]1CC(C(=O)OCC)(C(=O)OCC)C[C@]12N=C[C@@H](c1ccccc1)O2. The molecule has 1 aromatic rings. The number of allylic oxidation sites excluding steroid dienone is 1. The van der Waals surface area contributed by atoms with Crippen LogP contribution in [0.4, 0.5) is 0 Å². The smallest absolute Gasteiger partial charge is 0.323 e. The van der Waals surface area contributed by atoms with E-state index < -0.39 is 23.1 Å². The van der Waals surface area contributed by atoms with E-state index in [0.29, 0.717) is 0 Å². The molecule has 3 atom stereocenters. The van der Waals surface area contributed by atoms with Crippen molar-refractivity contribution in [1.82, 2.24) is 0 Å². The largest absolute Gasteiger partial charge is 0.465 e. The highest BCUT2D eigenvalue weighted by Gasteiger charge is 2.66.